The summed E-state index contributed by atoms with van der Waals surface area (Å²) in [4.78, 5) is 31.6. The van der Waals surface area contributed by atoms with E-state index >= 15 is 0 Å². The van der Waals surface area contributed by atoms with E-state index < -0.39 is 24.0 Å². The van der Waals surface area contributed by atoms with E-state index in [1.54, 1.807) is 0 Å². The normalized spacial score (nSPS) is 14.1. The predicted molar refractivity (Wildman–Crippen MR) is 41.7 cm³/mol. The lowest BCUT2D eigenvalue weighted by Gasteiger charge is -2.16. The molecule has 13 heavy (non-hydrogen) atoms. The number of amides is 1. The topological polar surface area (TPSA) is 92.7 Å². The Bertz CT molecular complexity index is 215. The number of carbonyl (C=O) groups is 3. The highest BCUT2D eigenvalue weighted by molar-refractivity contribution is 5.86. The van der Waals surface area contributed by atoms with Crippen molar-refractivity contribution in [3.63, 3.8) is 0 Å². The van der Waals surface area contributed by atoms with Crippen LogP contribution in [0.15, 0.2) is 0 Å². The molecule has 0 radical (unpaired) electrons. The molecule has 0 bridgehead atoms. The number of methoxy groups -OCH3 is 1. The molecule has 0 heterocycles. The second kappa shape index (κ2) is 5.26. The average Bonchev–Trinajstić information content (AvgIpc) is 2.11. The molecule has 1 amide bonds. The minimum atomic E-state index is -1.59. The monoisotopic (exact) mass is 189 g/mol. The number of aldehydes is 1. The van der Waals surface area contributed by atoms with Gasteiger partial charge in [0.2, 0.25) is 5.91 Å². The van der Waals surface area contributed by atoms with E-state index in [1.165, 1.54) is 0 Å². The molecule has 74 valence electrons. The Kier molecular flexibility index (Phi) is 4.68. The van der Waals surface area contributed by atoms with Gasteiger partial charge in [0, 0.05) is 6.92 Å². The van der Waals surface area contributed by atoms with Crippen LogP contribution in [0, 0.1) is 0 Å². The molecule has 0 aromatic rings. The average molecular weight is 189 g/mol. The Hall–Kier alpha value is -1.43. The van der Waals surface area contributed by atoms with Crippen molar-refractivity contribution < 1.29 is 24.2 Å². The summed E-state index contributed by atoms with van der Waals surface area (Å²) in [7, 11) is 1.09. The van der Waals surface area contributed by atoms with Crippen LogP contribution in [-0.4, -0.2) is 42.5 Å². The van der Waals surface area contributed by atoms with Gasteiger partial charge < -0.3 is 20.0 Å². The molecular formula is C7H11NO5. The van der Waals surface area contributed by atoms with Crippen molar-refractivity contribution in [2.45, 2.75) is 19.1 Å². The second-order valence-corrected chi connectivity index (χ2v) is 2.33. The molecule has 0 aliphatic carbocycles. The highest BCUT2D eigenvalue weighted by atomic mass is 16.5. The van der Waals surface area contributed by atoms with Crippen LogP contribution in [0.4, 0.5) is 0 Å². The lowest BCUT2D eigenvalue weighted by Crippen LogP contribution is -2.49. The van der Waals surface area contributed by atoms with Crippen LogP contribution in [0.2, 0.25) is 0 Å². The number of ether oxygens (including phenoxy) is 1. The first-order chi connectivity index (χ1) is 6.02. The van der Waals surface area contributed by atoms with E-state index in [2.05, 4.69) is 10.1 Å². The second-order valence-electron chi connectivity index (χ2n) is 2.33. The number of nitrogens with one attached hydrogen (secondary N) is 1. The molecule has 0 spiro atoms. The van der Waals surface area contributed by atoms with Gasteiger partial charge in [0.15, 0.2) is 12.3 Å². The summed E-state index contributed by atoms with van der Waals surface area (Å²) in [6.07, 6.45) is -1.44. The summed E-state index contributed by atoms with van der Waals surface area (Å²) >= 11 is 0. The highest BCUT2D eigenvalue weighted by Crippen LogP contribution is 1.93. The van der Waals surface area contributed by atoms with Gasteiger partial charge in [-0.15, -0.1) is 0 Å². The molecule has 6 nitrogen and oxygen atoms in total. The number of aliphatic hydroxyl groups is 1. The highest BCUT2D eigenvalue weighted by Gasteiger charge is 2.27. The fraction of sp³-hybridized carbons (Fsp3) is 0.571. The molecule has 0 saturated heterocycles. The molecule has 6 heteroatoms. The summed E-state index contributed by atoms with van der Waals surface area (Å²) < 4.78 is 4.26. The zero-order valence-corrected chi connectivity index (χ0v) is 7.31. The Morgan fingerprint density at radius 3 is 2.38 bits per heavy atom. The van der Waals surface area contributed by atoms with Gasteiger partial charge in [-0.2, -0.15) is 0 Å². The largest absolute Gasteiger partial charge is 0.467 e. The van der Waals surface area contributed by atoms with Crippen LogP contribution in [0.1, 0.15) is 6.92 Å². The van der Waals surface area contributed by atoms with E-state index in [9.17, 15) is 14.4 Å². The molecule has 0 aliphatic heterocycles. The molecule has 0 unspecified atom stereocenters. The Labute approximate surface area is 74.9 Å². The predicted octanol–water partition coefficient (Wildman–Crippen LogP) is -1.78. The lowest BCUT2D eigenvalue weighted by molar-refractivity contribution is -0.149. The number of carbonyl (C=O) groups excluding carboxylic acids is 3. The summed E-state index contributed by atoms with van der Waals surface area (Å²) in [6, 6.07) is -1.33. The van der Waals surface area contributed by atoms with Crippen molar-refractivity contribution in [2.75, 3.05) is 7.11 Å². The number of hydrogen-bond acceptors (Lipinski definition) is 5. The van der Waals surface area contributed by atoms with E-state index in [4.69, 9.17) is 5.11 Å². The molecule has 2 N–H and O–H groups in total. The first-order valence-electron chi connectivity index (χ1n) is 3.51. The molecular weight excluding hydrogens is 178 g/mol. The van der Waals surface area contributed by atoms with Crippen LogP contribution in [0.25, 0.3) is 0 Å². The maximum atomic E-state index is 10.9. The number of aliphatic hydroxyl groups excluding tert-OH is 1. The van der Waals surface area contributed by atoms with E-state index in [0.717, 1.165) is 14.0 Å². The van der Waals surface area contributed by atoms with Crippen LogP contribution >= 0.6 is 0 Å². The number of esters is 1. The van der Waals surface area contributed by atoms with Gasteiger partial charge in [-0.25, -0.2) is 4.79 Å². The zero-order valence-electron chi connectivity index (χ0n) is 7.31. The van der Waals surface area contributed by atoms with Gasteiger partial charge in [-0.05, 0) is 0 Å². The molecule has 0 fully saturated rings. The van der Waals surface area contributed by atoms with Crippen LogP contribution in [0.5, 0.6) is 0 Å². The Balaban J connectivity index is 4.44. The van der Waals surface area contributed by atoms with Gasteiger partial charge >= 0.3 is 5.97 Å². The van der Waals surface area contributed by atoms with Crippen LogP contribution in [0.3, 0.4) is 0 Å². The fourth-order valence-electron chi connectivity index (χ4n) is 0.708. The first kappa shape index (κ1) is 11.6. The third-order valence-corrected chi connectivity index (χ3v) is 1.29. The van der Waals surface area contributed by atoms with Gasteiger partial charge in [0.25, 0.3) is 0 Å². The van der Waals surface area contributed by atoms with Crippen molar-refractivity contribution in [3.8, 4) is 0 Å². The van der Waals surface area contributed by atoms with E-state index in [1.807, 2.05) is 0 Å². The van der Waals surface area contributed by atoms with Gasteiger partial charge in [-0.3, -0.25) is 4.79 Å². The Morgan fingerprint density at radius 1 is 1.54 bits per heavy atom. The van der Waals surface area contributed by atoms with Crippen molar-refractivity contribution in [3.05, 3.63) is 0 Å². The molecule has 0 rings (SSSR count). The maximum Gasteiger partial charge on any atom is 0.331 e. The number of hydrogen-bond donors (Lipinski definition) is 2. The minimum Gasteiger partial charge on any atom is -0.467 e. The van der Waals surface area contributed by atoms with Gasteiger partial charge in [0.1, 0.15) is 6.10 Å². The molecule has 0 saturated carbocycles. The van der Waals surface area contributed by atoms with Crippen molar-refractivity contribution in [1.29, 1.82) is 0 Å². The quantitative estimate of drug-likeness (QED) is 0.403. The lowest BCUT2D eigenvalue weighted by atomic mass is 10.2. The first-order valence-corrected chi connectivity index (χ1v) is 3.51. The molecule has 0 aromatic heterocycles. The van der Waals surface area contributed by atoms with Gasteiger partial charge in [-0.1, -0.05) is 0 Å². The summed E-state index contributed by atoms with van der Waals surface area (Å²) in [5.41, 5.74) is 0. The fourth-order valence-corrected chi connectivity index (χ4v) is 0.708. The van der Waals surface area contributed by atoms with Crippen LogP contribution in [-0.2, 0) is 19.1 Å². The summed E-state index contributed by atoms with van der Waals surface area (Å²) in [5.74, 6) is -1.40. The minimum absolute atomic E-state index is 0.150. The third kappa shape index (κ3) is 3.66. The van der Waals surface area contributed by atoms with Crippen molar-refractivity contribution in [2.24, 2.45) is 0 Å². The SMILES string of the molecule is COC(=O)[C@@H](NC(C)=O)[C@H](O)C=O. The van der Waals surface area contributed by atoms with E-state index in [-0.39, 0.29) is 6.29 Å². The standard InChI is InChI=1S/C7H11NO5/c1-4(10)8-6(5(11)3-9)7(12)13-2/h3,5-6,11H,1-2H3,(H,8,10)/t5-,6+/m1/s1. The van der Waals surface area contributed by atoms with E-state index in [0.29, 0.717) is 0 Å². The summed E-state index contributed by atoms with van der Waals surface area (Å²) in [6.45, 7) is 1.16. The Morgan fingerprint density at radius 2 is 2.08 bits per heavy atom. The molecule has 2 atom stereocenters. The third-order valence-electron chi connectivity index (χ3n) is 1.29. The van der Waals surface area contributed by atoms with Crippen LogP contribution < -0.4 is 5.32 Å². The van der Waals surface area contributed by atoms with Crippen molar-refractivity contribution in [1.82, 2.24) is 5.32 Å². The van der Waals surface area contributed by atoms with Crippen molar-refractivity contribution >= 4 is 18.2 Å². The summed E-state index contributed by atoms with van der Waals surface area (Å²) in [5, 5.41) is 11.1. The molecule has 0 aliphatic rings. The smallest absolute Gasteiger partial charge is 0.331 e. The number of rotatable bonds is 4. The van der Waals surface area contributed by atoms with Gasteiger partial charge in [0.05, 0.1) is 7.11 Å². The molecule has 0 aromatic carbocycles. The zero-order chi connectivity index (χ0) is 10.4. The maximum absolute atomic E-state index is 10.9.